The first kappa shape index (κ1) is 14.8. The normalized spacial score (nSPS) is 16.0. The van der Waals surface area contributed by atoms with E-state index in [1.165, 1.54) is 11.0 Å². The summed E-state index contributed by atoms with van der Waals surface area (Å²) in [4.78, 5) is 19.9. The predicted molar refractivity (Wildman–Crippen MR) is 80.6 cm³/mol. The first-order valence-corrected chi connectivity index (χ1v) is 7.40. The fourth-order valence-corrected chi connectivity index (χ4v) is 2.88. The Morgan fingerprint density at radius 1 is 1.41 bits per heavy atom. The summed E-state index contributed by atoms with van der Waals surface area (Å²) in [6, 6.07) is 4.52. The minimum Gasteiger partial charge on any atom is -0.465 e. The highest BCUT2D eigenvalue weighted by atomic mass is 35.5. The number of benzene rings is 1. The number of piperidine rings is 1. The Balaban J connectivity index is 1.74. The molecule has 0 atom stereocenters. The van der Waals surface area contributed by atoms with E-state index in [0.717, 1.165) is 29.9 Å². The maximum absolute atomic E-state index is 13.2. The molecule has 1 fully saturated rings. The van der Waals surface area contributed by atoms with Gasteiger partial charge in [-0.3, -0.25) is 0 Å². The summed E-state index contributed by atoms with van der Waals surface area (Å²) in [6.45, 7) is 1.02. The largest absolute Gasteiger partial charge is 0.465 e. The zero-order chi connectivity index (χ0) is 15.7. The lowest BCUT2D eigenvalue weighted by Gasteiger charge is -2.28. The topological polar surface area (TPSA) is 69.2 Å². The number of amides is 1. The fraction of sp³-hybridized carbons (Fsp3) is 0.333. The van der Waals surface area contributed by atoms with Gasteiger partial charge in [0.05, 0.1) is 16.9 Å². The number of carbonyl (C=O) groups is 1. The summed E-state index contributed by atoms with van der Waals surface area (Å²) in [5, 5.41) is 9.03. The summed E-state index contributed by atoms with van der Waals surface area (Å²) in [7, 11) is 0. The van der Waals surface area contributed by atoms with E-state index in [1.807, 2.05) is 0 Å². The molecule has 116 valence electrons. The number of hydrogen-bond donors (Lipinski definition) is 2. The number of hydrogen-bond acceptors (Lipinski definition) is 2. The standard InChI is InChI=1S/C15H15ClFN3O2/c16-11-7-10(1-2-12(11)17)13-8-18-14(19-13)9-3-5-20(6-4-9)15(21)22/h1-2,7-9H,3-6H2,(H,18,19)(H,21,22). The van der Waals surface area contributed by atoms with E-state index in [1.54, 1.807) is 18.3 Å². The van der Waals surface area contributed by atoms with Crippen molar-refractivity contribution < 1.29 is 14.3 Å². The molecular weight excluding hydrogens is 309 g/mol. The summed E-state index contributed by atoms with van der Waals surface area (Å²) in [5.41, 5.74) is 1.55. The third-order valence-corrected chi connectivity index (χ3v) is 4.27. The zero-order valence-electron chi connectivity index (χ0n) is 11.7. The minimum absolute atomic E-state index is 0.0726. The van der Waals surface area contributed by atoms with E-state index in [4.69, 9.17) is 16.7 Å². The van der Waals surface area contributed by atoms with Gasteiger partial charge in [-0.25, -0.2) is 14.2 Å². The molecule has 0 aliphatic carbocycles. The van der Waals surface area contributed by atoms with Gasteiger partial charge >= 0.3 is 6.09 Å². The molecule has 5 nitrogen and oxygen atoms in total. The molecule has 3 rings (SSSR count). The van der Waals surface area contributed by atoms with Gasteiger partial charge in [-0.05, 0) is 31.0 Å². The second kappa shape index (κ2) is 5.96. The maximum atomic E-state index is 13.2. The van der Waals surface area contributed by atoms with Gasteiger partial charge in [0.2, 0.25) is 0 Å². The SMILES string of the molecule is O=C(O)N1CCC(c2ncc(-c3ccc(F)c(Cl)c3)[nH]2)CC1. The van der Waals surface area contributed by atoms with Crippen molar-refractivity contribution in [1.29, 1.82) is 0 Å². The molecule has 7 heteroatoms. The van der Waals surface area contributed by atoms with Gasteiger partial charge < -0.3 is 15.0 Å². The number of nitrogens with one attached hydrogen (secondary N) is 1. The number of rotatable bonds is 2. The molecule has 2 N–H and O–H groups in total. The third-order valence-electron chi connectivity index (χ3n) is 3.98. The Bertz CT molecular complexity index is 696. The molecule has 0 spiro atoms. The Kier molecular flexibility index (Phi) is 4.02. The summed E-state index contributed by atoms with van der Waals surface area (Å²) < 4.78 is 13.2. The number of imidazole rings is 1. The van der Waals surface area contributed by atoms with Gasteiger partial charge in [0.1, 0.15) is 11.6 Å². The van der Waals surface area contributed by atoms with Crippen LogP contribution in [0.5, 0.6) is 0 Å². The first-order chi connectivity index (χ1) is 10.5. The van der Waals surface area contributed by atoms with Crippen molar-refractivity contribution in [1.82, 2.24) is 14.9 Å². The van der Waals surface area contributed by atoms with E-state index in [0.29, 0.717) is 13.1 Å². The number of carboxylic acid groups (broad SMARTS) is 1. The van der Waals surface area contributed by atoms with E-state index in [-0.39, 0.29) is 10.9 Å². The molecule has 0 bridgehead atoms. The number of aromatic nitrogens is 2. The highest BCUT2D eigenvalue weighted by Gasteiger charge is 2.25. The van der Waals surface area contributed by atoms with Crippen LogP contribution in [0.25, 0.3) is 11.3 Å². The van der Waals surface area contributed by atoms with Crippen LogP contribution in [0.1, 0.15) is 24.6 Å². The number of nitrogens with zero attached hydrogens (tertiary/aromatic N) is 2. The molecule has 1 aromatic heterocycles. The van der Waals surface area contributed by atoms with Crippen molar-refractivity contribution in [3.63, 3.8) is 0 Å². The van der Waals surface area contributed by atoms with Crippen LogP contribution in [0.4, 0.5) is 9.18 Å². The number of halogens is 2. The Morgan fingerprint density at radius 2 is 2.14 bits per heavy atom. The van der Waals surface area contributed by atoms with Crippen molar-refractivity contribution in [3.05, 3.63) is 41.1 Å². The molecular formula is C15H15ClFN3O2. The van der Waals surface area contributed by atoms with Gasteiger partial charge in [-0.1, -0.05) is 11.6 Å². The smallest absolute Gasteiger partial charge is 0.407 e. The van der Waals surface area contributed by atoms with Crippen molar-refractivity contribution in [2.75, 3.05) is 13.1 Å². The van der Waals surface area contributed by atoms with E-state index < -0.39 is 11.9 Å². The van der Waals surface area contributed by atoms with E-state index in [9.17, 15) is 9.18 Å². The van der Waals surface area contributed by atoms with Gasteiger partial charge in [-0.2, -0.15) is 0 Å². The number of H-pyrrole nitrogens is 1. The highest BCUT2D eigenvalue weighted by molar-refractivity contribution is 6.31. The molecule has 1 aliphatic rings. The Hall–Kier alpha value is -2.08. The van der Waals surface area contributed by atoms with Crippen LogP contribution in [0, 0.1) is 5.82 Å². The first-order valence-electron chi connectivity index (χ1n) is 7.03. The van der Waals surface area contributed by atoms with E-state index >= 15 is 0 Å². The summed E-state index contributed by atoms with van der Waals surface area (Å²) in [6.07, 6.45) is 2.30. The molecule has 0 radical (unpaired) electrons. The van der Waals surface area contributed by atoms with Gasteiger partial charge in [0, 0.05) is 24.6 Å². The molecule has 1 aliphatic heterocycles. The van der Waals surface area contributed by atoms with Gasteiger partial charge in [-0.15, -0.1) is 0 Å². The lowest BCUT2D eigenvalue weighted by Crippen LogP contribution is -2.37. The Labute approximate surface area is 131 Å². The van der Waals surface area contributed by atoms with Crippen molar-refractivity contribution >= 4 is 17.7 Å². The van der Waals surface area contributed by atoms with E-state index in [2.05, 4.69) is 9.97 Å². The minimum atomic E-state index is -0.875. The van der Waals surface area contributed by atoms with Gasteiger partial charge in [0.25, 0.3) is 0 Å². The molecule has 1 saturated heterocycles. The predicted octanol–water partition coefficient (Wildman–Crippen LogP) is 3.73. The van der Waals surface area contributed by atoms with Crippen molar-refractivity contribution in [3.8, 4) is 11.3 Å². The average Bonchev–Trinajstić information content (AvgIpc) is 3.00. The second-order valence-corrected chi connectivity index (χ2v) is 5.76. The summed E-state index contributed by atoms with van der Waals surface area (Å²) in [5.74, 6) is 0.590. The molecule has 2 aromatic rings. The van der Waals surface area contributed by atoms with Crippen LogP contribution < -0.4 is 0 Å². The number of aromatic amines is 1. The van der Waals surface area contributed by atoms with Crippen molar-refractivity contribution in [2.45, 2.75) is 18.8 Å². The lowest BCUT2D eigenvalue weighted by molar-refractivity contribution is 0.131. The van der Waals surface area contributed by atoms with Crippen LogP contribution in [0.3, 0.4) is 0 Å². The second-order valence-electron chi connectivity index (χ2n) is 5.35. The van der Waals surface area contributed by atoms with Gasteiger partial charge in [0.15, 0.2) is 0 Å². The zero-order valence-corrected chi connectivity index (χ0v) is 12.5. The monoisotopic (exact) mass is 323 g/mol. The average molecular weight is 324 g/mol. The van der Waals surface area contributed by atoms with Crippen LogP contribution in [-0.2, 0) is 0 Å². The Morgan fingerprint density at radius 3 is 2.77 bits per heavy atom. The quantitative estimate of drug-likeness (QED) is 0.884. The maximum Gasteiger partial charge on any atom is 0.407 e. The molecule has 0 unspecified atom stereocenters. The lowest BCUT2D eigenvalue weighted by atomic mass is 9.96. The molecule has 1 amide bonds. The molecule has 22 heavy (non-hydrogen) atoms. The summed E-state index contributed by atoms with van der Waals surface area (Å²) >= 11 is 5.79. The van der Waals surface area contributed by atoms with Crippen LogP contribution in [-0.4, -0.2) is 39.2 Å². The molecule has 0 saturated carbocycles. The van der Waals surface area contributed by atoms with Crippen LogP contribution in [0.15, 0.2) is 24.4 Å². The molecule has 2 heterocycles. The van der Waals surface area contributed by atoms with Crippen LogP contribution >= 0.6 is 11.6 Å². The fourth-order valence-electron chi connectivity index (χ4n) is 2.70. The third kappa shape index (κ3) is 2.92. The van der Waals surface area contributed by atoms with Crippen molar-refractivity contribution in [2.24, 2.45) is 0 Å². The number of likely N-dealkylation sites (tertiary alicyclic amines) is 1. The van der Waals surface area contributed by atoms with Crippen LogP contribution in [0.2, 0.25) is 5.02 Å². The highest BCUT2D eigenvalue weighted by Crippen LogP contribution is 2.29. The molecule has 1 aromatic carbocycles.